The van der Waals surface area contributed by atoms with E-state index in [0.717, 1.165) is 16.1 Å². The molecule has 0 bridgehead atoms. The smallest absolute Gasteiger partial charge is 0.240 e. The average Bonchev–Trinajstić information content (AvgIpc) is 2.28. The van der Waals surface area contributed by atoms with Gasteiger partial charge in [0.1, 0.15) is 5.75 Å². The molecule has 0 aliphatic carbocycles. The molecule has 1 amide bonds. The molecule has 0 atom stereocenters. The predicted molar refractivity (Wildman–Crippen MR) is 73.5 cm³/mol. The van der Waals surface area contributed by atoms with E-state index in [1.165, 1.54) is 0 Å². The molecule has 4 nitrogen and oxygen atoms in total. The fraction of sp³-hybridized carbons (Fsp3) is 0.500. The van der Waals surface area contributed by atoms with E-state index in [4.69, 9.17) is 5.84 Å². The van der Waals surface area contributed by atoms with Crippen LogP contribution in [-0.4, -0.2) is 11.0 Å². The molecule has 0 saturated heterocycles. The standard InChI is InChI=1S/C14H22N2O2/c1-6-12(17)16(15)10-7-9(2)13(18)11(8-10)14(3,4)5/h7-8,18H,6,15H2,1-5H3. The number of rotatable bonds is 2. The number of phenols is 1. The first-order valence-corrected chi connectivity index (χ1v) is 6.10. The molecular weight excluding hydrogens is 228 g/mol. The van der Waals surface area contributed by atoms with E-state index >= 15 is 0 Å². The number of carbonyl (C=O) groups is 1. The maximum atomic E-state index is 11.6. The van der Waals surface area contributed by atoms with Crippen molar-refractivity contribution in [1.82, 2.24) is 0 Å². The topological polar surface area (TPSA) is 66.6 Å². The number of amides is 1. The van der Waals surface area contributed by atoms with Crippen molar-refractivity contribution in [3.8, 4) is 5.75 Å². The summed E-state index contributed by atoms with van der Waals surface area (Å²) in [6.45, 7) is 9.59. The van der Waals surface area contributed by atoms with Crippen molar-refractivity contribution < 1.29 is 9.90 Å². The minimum atomic E-state index is -0.207. The van der Waals surface area contributed by atoms with Gasteiger partial charge in [-0.1, -0.05) is 27.7 Å². The van der Waals surface area contributed by atoms with Crippen molar-refractivity contribution in [2.24, 2.45) is 5.84 Å². The van der Waals surface area contributed by atoms with Crippen molar-refractivity contribution in [2.45, 2.75) is 46.5 Å². The third-order valence-corrected chi connectivity index (χ3v) is 2.94. The number of aryl methyl sites for hydroxylation is 1. The van der Waals surface area contributed by atoms with Crippen LogP contribution in [0.3, 0.4) is 0 Å². The number of phenolic OH excluding ortho intramolecular Hbond substituents is 1. The Morgan fingerprint density at radius 1 is 1.39 bits per heavy atom. The molecule has 100 valence electrons. The fourth-order valence-corrected chi connectivity index (χ4v) is 1.79. The van der Waals surface area contributed by atoms with Gasteiger partial charge in [-0.3, -0.25) is 4.79 Å². The quantitative estimate of drug-likeness (QED) is 0.481. The van der Waals surface area contributed by atoms with Crippen molar-refractivity contribution >= 4 is 11.6 Å². The first-order chi connectivity index (χ1) is 8.18. The van der Waals surface area contributed by atoms with Gasteiger partial charge in [-0.25, -0.2) is 10.9 Å². The summed E-state index contributed by atoms with van der Waals surface area (Å²) in [6, 6.07) is 3.49. The van der Waals surface area contributed by atoms with Crippen LogP contribution in [0.4, 0.5) is 5.69 Å². The maximum absolute atomic E-state index is 11.6. The Balaban J connectivity index is 3.33. The second-order valence-electron chi connectivity index (χ2n) is 5.53. The molecule has 0 radical (unpaired) electrons. The van der Waals surface area contributed by atoms with E-state index in [0.29, 0.717) is 12.1 Å². The van der Waals surface area contributed by atoms with Crippen LogP contribution in [-0.2, 0) is 10.2 Å². The first-order valence-electron chi connectivity index (χ1n) is 6.10. The van der Waals surface area contributed by atoms with Crippen LogP contribution in [0.1, 0.15) is 45.2 Å². The molecule has 1 rings (SSSR count). The van der Waals surface area contributed by atoms with Gasteiger partial charge >= 0.3 is 0 Å². The Labute approximate surface area is 108 Å². The molecule has 1 aromatic carbocycles. The minimum Gasteiger partial charge on any atom is -0.507 e. The first kappa shape index (κ1) is 14.5. The lowest BCUT2D eigenvalue weighted by molar-refractivity contribution is -0.118. The SMILES string of the molecule is CCC(=O)N(N)c1cc(C)c(O)c(C(C)(C)C)c1. The predicted octanol–water partition coefficient (Wildman–Crippen LogP) is 2.61. The Kier molecular flexibility index (Phi) is 4.02. The molecule has 0 aromatic heterocycles. The maximum Gasteiger partial charge on any atom is 0.240 e. The lowest BCUT2D eigenvalue weighted by Gasteiger charge is -2.25. The summed E-state index contributed by atoms with van der Waals surface area (Å²) in [5, 5.41) is 11.2. The van der Waals surface area contributed by atoms with Crippen LogP contribution in [0, 0.1) is 6.92 Å². The summed E-state index contributed by atoms with van der Waals surface area (Å²) < 4.78 is 0. The van der Waals surface area contributed by atoms with Gasteiger partial charge in [0.2, 0.25) is 5.91 Å². The highest BCUT2D eigenvalue weighted by atomic mass is 16.3. The third kappa shape index (κ3) is 2.82. The van der Waals surface area contributed by atoms with Gasteiger partial charge < -0.3 is 5.11 Å². The van der Waals surface area contributed by atoms with E-state index in [2.05, 4.69) is 0 Å². The molecule has 4 heteroatoms. The number of aromatic hydroxyl groups is 1. The summed E-state index contributed by atoms with van der Waals surface area (Å²) in [7, 11) is 0. The molecule has 0 saturated carbocycles. The zero-order valence-electron chi connectivity index (χ0n) is 11.7. The van der Waals surface area contributed by atoms with Crippen molar-refractivity contribution in [1.29, 1.82) is 0 Å². The van der Waals surface area contributed by atoms with Gasteiger partial charge in [0.25, 0.3) is 0 Å². The molecule has 18 heavy (non-hydrogen) atoms. The lowest BCUT2D eigenvalue weighted by Crippen LogP contribution is -2.37. The van der Waals surface area contributed by atoms with Gasteiger partial charge in [-0.2, -0.15) is 0 Å². The molecule has 3 N–H and O–H groups in total. The Morgan fingerprint density at radius 3 is 2.39 bits per heavy atom. The number of nitrogens with zero attached hydrogens (tertiary/aromatic N) is 1. The molecule has 0 aliphatic heterocycles. The fourth-order valence-electron chi connectivity index (χ4n) is 1.79. The Hall–Kier alpha value is -1.55. The van der Waals surface area contributed by atoms with Gasteiger partial charge in [-0.15, -0.1) is 0 Å². The van der Waals surface area contributed by atoms with Gasteiger partial charge in [0.05, 0.1) is 5.69 Å². The van der Waals surface area contributed by atoms with Crippen molar-refractivity contribution in [2.75, 3.05) is 5.01 Å². The molecule has 0 fully saturated rings. The summed E-state index contributed by atoms with van der Waals surface area (Å²) >= 11 is 0. The average molecular weight is 250 g/mol. The van der Waals surface area contributed by atoms with Crippen LogP contribution in [0.5, 0.6) is 5.75 Å². The van der Waals surface area contributed by atoms with Crippen molar-refractivity contribution in [3.05, 3.63) is 23.3 Å². The molecular formula is C14H22N2O2. The number of anilines is 1. The number of carbonyl (C=O) groups excluding carboxylic acids is 1. The van der Waals surface area contributed by atoms with E-state index in [1.54, 1.807) is 26.0 Å². The normalized spacial score (nSPS) is 11.4. The van der Waals surface area contributed by atoms with E-state index in [9.17, 15) is 9.90 Å². The van der Waals surface area contributed by atoms with Crippen LogP contribution < -0.4 is 10.9 Å². The van der Waals surface area contributed by atoms with Crippen LogP contribution in [0.15, 0.2) is 12.1 Å². The summed E-state index contributed by atoms with van der Waals surface area (Å²) in [5.41, 5.74) is 1.91. The highest BCUT2D eigenvalue weighted by Crippen LogP contribution is 2.36. The zero-order valence-corrected chi connectivity index (χ0v) is 11.7. The van der Waals surface area contributed by atoms with Gasteiger partial charge in [0.15, 0.2) is 0 Å². The molecule has 0 unspecified atom stereocenters. The van der Waals surface area contributed by atoms with Crippen LogP contribution in [0.2, 0.25) is 0 Å². The molecule has 0 spiro atoms. The second kappa shape index (κ2) is 4.98. The molecule has 0 aliphatic rings. The third-order valence-electron chi connectivity index (χ3n) is 2.94. The highest BCUT2D eigenvalue weighted by molar-refractivity contribution is 5.92. The Morgan fingerprint density at radius 2 is 1.94 bits per heavy atom. The van der Waals surface area contributed by atoms with Crippen LogP contribution in [0.25, 0.3) is 0 Å². The van der Waals surface area contributed by atoms with Gasteiger partial charge in [0, 0.05) is 12.0 Å². The van der Waals surface area contributed by atoms with Gasteiger partial charge in [-0.05, 0) is 30.0 Å². The molecule has 1 aromatic rings. The summed E-state index contributed by atoms with van der Waals surface area (Å²) in [5.74, 6) is 5.90. The van der Waals surface area contributed by atoms with E-state index < -0.39 is 0 Å². The monoisotopic (exact) mass is 250 g/mol. The number of hydrazine groups is 1. The zero-order chi connectivity index (χ0) is 14.1. The second-order valence-corrected chi connectivity index (χ2v) is 5.53. The number of benzene rings is 1. The number of hydrogen-bond donors (Lipinski definition) is 2. The summed E-state index contributed by atoms with van der Waals surface area (Å²) in [4.78, 5) is 11.6. The number of nitrogens with two attached hydrogens (primary N) is 1. The largest absolute Gasteiger partial charge is 0.507 e. The minimum absolute atomic E-state index is 0.153. The number of hydrogen-bond acceptors (Lipinski definition) is 3. The van der Waals surface area contributed by atoms with Crippen LogP contribution >= 0.6 is 0 Å². The summed E-state index contributed by atoms with van der Waals surface area (Å²) in [6.07, 6.45) is 0.348. The van der Waals surface area contributed by atoms with Crippen molar-refractivity contribution in [3.63, 3.8) is 0 Å². The highest BCUT2D eigenvalue weighted by Gasteiger charge is 2.22. The van der Waals surface area contributed by atoms with E-state index in [1.807, 2.05) is 20.8 Å². The molecule has 0 heterocycles. The lowest BCUT2D eigenvalue weighted by atomic mass is 9.85. The van der Waals surface area contributed by atoms with E-state index in [-0.39, 0.29) is 17.1 Å². The Bertz CT molecular complexity index is 462.